The zero-order valence-corrected chi connectivity index (χ0v) is 20.4. The third-order valence-electron chi connectivity index (χ3n) is 6.04. The molecule has 5 unspecified atom stereocenters. The molecule has 1 saturated carbocycles. The Labute approximate surface area is 213 Å². The van der Waals surface area contributed by atoms with E-state index in [1.807, 2.05) is 22.6 Å². The molecular weight excluding hydrogens is 580 g/mol. The Bertz CT molecular complexity index is 1100. The van der Waals surface area contributed by atoms with Gasteiger partial charge in [0.1, 0.15) is 30.7 Å². The fourth-order valence-electron chi connectivity index (χ4n) is 4.35. The van der Waals surface area contributed by atoms with Crippen LogP contribution in [0.4, 0.5) is 13.2 Å². The Balaban J connectivity index is 1.42. The molecule has 0 amide bonds. The lowest BCUT2D eigenvalue weighted by Crippen LogP contribution is -2.25. The molecule has 2 fully saturated rings. The predicted octanol–water partition coefficient (Wildman–Crippen LogP) is 4.78. The maximum absolute atomic E-state index is 13.0. The Morgan fingerprint density at radius 1 is 1.23 bits per heavy atom. The number of carbonyl (C=O) groups is 2. The normalized spacial score (nSPS) is 24.8. The van der Waals surface area contributed by atoms with Crippen LogP contribution in [0.25, 0.3) is 0 Å². The highest BCUT2D eigenvalue weighted by molar-refractivity contribution is 14.1. The number of hydrogen-bond acceptors (Lipinski definition) is 6. The number of halogens is 4. The Hall–Kier alpha value is -2.60. The number of alkyl halides is 3. The second kappa shape index (κ2) is 10.6. The van der Waals surface area contributed by atoms with Crippen molar-refractivity contribution in [2.75, 3.05) is 6.61 Å². The Kier molecular flexibility index (Phi) is 7.70. The molecule has 1 saturated heterocycles. The molecule has 1 aliphatic carbocycles. The molecule has 1 N–H and O–H groups in total. The molecule has 10 heteroatoms. The van der Waals surface area contributed by atoms with E-state index in [1.165, 1.54) is 12.1 Å². The number of ether oxygens (including phenoxy) is 3. The largest absolute Gasteiger partial charge is 0.489 e. The number of esters is 2. The molecule has 2 aliphatic rings. The van der Waals surface area contributed by atoms with E-state index in [1.54, 1.807) is 36.4 Å². The van der Waals surface area contributed by atoms with E-state index in [9.17, 15) is 27.9 Å². The molecule has 1 heterocycles. The Morgan fingerprint density at radius 3 is 2.69 bits per heavy atom. The summed E-state index contributed by atoms with van der Waals surface area (Å²) < 4.78 is 55.9. The van der Waals surface area contributed by atoms with Gasteiger partial charge in [0.15, 0.2) is 0 Å². The molecule has 6 nitrogen and oxygen atoms in total. The molecule has 2 aromatic rings. The second-order valence-corrected chi connectivity index (χ2v) is 9.59. The van der Waals surface area contributed by atoms with Crippen LogP contribution in [-0.2, 0) is 20.4 Å². The van der Waals surface area contributed by atoms with Crippen molar-refractivity contribution in [2.45, 2.75) is 37.3 Å². The highest BCUT2D eigenvalue weighted by Crippen LogP contribution is 2.43. The van der Waals surface area contributed by atoms with Gasteiger partial charge < -0.3 is 19.3 Å². The summed E-state index contributed by atoms with van der Waals surface area (Å²) in [4.78, 5) is 24.3. The average Bonchev–Trinajstić information content (AvgIpc) is 3.32. The van der Waals surface area contributed by atoms with E-state index in [2.05, 4.69) is 0 Å². The fraction of sp³-hybridized carbons (Fsp3) is 0.360. The van der Waals surface area contributed by atoms with E-state index in [0.717, 1.165) is 12.1 Å². The van der Waals surface area contributed by atoms with E-state index in [0.29, 0.717) is 15.6 Å². The summed E-state index contributed by atoms with van der Waals surface area (Å²) in [5.41, 5.74) is -0.447. The Morgan fingerprint density at radius 2 is 1.97 bits per heavy atom. The van der Waals surface area contributed by atoms with Gasteiger partial charge >= 0.3 is 18.1 Å². The number of aliphatic hydroxyl groups excluding tert-OH is 1. The van der Waals surface area contributed by atoms with Gasteiger partial charge in [-0.2, -0.15) is 13.2 Å². The number of carbonyl (C=O) groups excluding carboxylic acids is 2. The summed E-state index contributed by atoms with van der Waals surface area (Å²) in [6.45, 7) is -0.279. The molecule has 0 spiro atoms. The number of benzene rings is 2. The maximum atomic E-state index is 13.0. The molecule has 5 atom stereocenters. The first kappa shape index (κ1) is 25.5. The van der Waals surface area contributed by atoms with E-state index < -0.39 is 29.9 Å². The summed E-state index contributed by atoms with van der Waals surface area (Å²) in [5.74, 6) is -1.39. The zero-order chi connectivity index (χ0) is 25.2. The van der Waals surface area contributed by atoms with Gasteiger partial charge in [-0.05, 0) is 52.9 Å². The first-order valence-electron chi connectivity index (χ1n) is 10.9. The number of hydrogen-bond donors (Lipinski definition) is 1. The van der Waals surface area contributed by atoms with Crippen molar-refractivity contribution in [2.24, 2.45) is 11.8 Å². The molecule has 0 bridgehead atoms. The third kappa shape index (κ3) is 6.16. The zero-order valence-electron chi connectivity index (χ0n) is 18.3. The quantitative estimate of drug-likeness (QED) is 0.279. The van der Waals surface area contributed by atoms with Crippen LogP contribution in [0.1, 0.15) is 28.8 Å². The van der Waals surface area contributed by atoms with Gasteiger partial charge in [-0.25, -0.2) is 4.79 Å². The third-order valence-corrected chi connectivity index (χ3v) is 6.93. The maximum Gasteiger partial charge on any atom is 0.416 e. The van der Waals surface area contributed by atoms with Gasteiger partial charge in [0.05, 0.1) is 21.1 Å². The van der Waals surface area contributed by atoms with Gasteiger partial charge in [-0.3, -0.25) is 4.79 Å². The number of aliphatic hydroxyl groups is 1. The van der Waals surface area contributed by atoms with E-state index in [-0.39, 0.29) is 42.7 Å². The topological polar surface area (TPSA) is 82.1 Å². The molecule has 1 aliphatic heterocycles. The monoisotopic (exact) mass is 602 g/mol. The second-order valence-electron chi connectivity index (χ2n) is 8.43. The van der Waals surface area contributed by atoms with Gasteiger partial charge in [0.25, 0.3) is 0 Å². The highest BCUT2D eigenvalue weighted by atomic mass is 127. The first-order chi connectivity index (χ1) is 16.6. The SMILES string of the molecule is O=C1CC2C(CC(OC(=O)c3ccccc3)C2C=CC(O)COc2cc(C(F)(F)F)ccc2I)O1. The molecule has 186 valence electrons. The van der Waals surface area contributed by atoms with Crippen LogP contribution in [0.15, 0.2) is 60.7 Å². The van der Waals surface area contributed by atoms with Crippen LogP contribution in [0.3, 0.4) is 0 Å². The van der Waals surface area contributed by atoms with E-state index in [4.69, 9.17) is 14.2 Å². The van der Waals surface area contributed by atoms with Crippen LogP contribution in [0.5, 0.6) is 5.75 Å². The summed E-state index contributed by atoms with van der Waals surface area (Å²) in [6.07, 6.45) is -2.95. The molecule has 4 rings (SSSR count). The highest BCUT2D eigenvalue weighted by Gasteiger charge is 2.50. The molecule has 0 radical (unpaired) electrons. The molecular formula is C25H22F3IO6. The minimum Gasteiger partial charge on any atom is -0.489 e. The standard InChI is InChI=1S/C25H22F3IO6/c26-25(27,28)15-6-9-19(29)22(10-15)33-13-16(30)7-8-17-18-11-23(31)34-21(18)12-20(17)35-24(32)14-4-2-1-3-5-14/h1-10,16-18,20-21,30H,11-13H2. The lowest BCUT2D eigenvalue weighted by molar-refractivity contribution is -0.142. The van der Waals surface area contributed by atoms with Crippen LogP contribution >= 0.6 is 22.6 Å². The van der Waals surface area contributed by atoms with Gasteiger partial charge in [-0.1, -0.05) is 30.4 Å². The van der Waals surface area contributed by atoms with Crippen molar-refractivity contribution >= 4 is 34.5 Å². The smallest absolute Gasteiger partial charge is 0.416 e. The molecule has 35 heavy (non-hydrogen) atoms. The van der Waals surface area contributed by atoms with Crippen LogP contribution in [0, 0.1) is 15.4 Å². The minimum atomic E-state index is -4.51. The van der Waals surface area contributed by atoms with Crippen molar-refractivity contribution in [3.05, 3.63) is 75.4 Å². The summed E-state index contributed by atoms with van der Waals surface area (Å²) in [7, 11) is 0. The number of rotatable bonds is 7. The van der Waals surface area contributed by atoms with Gasteiger partial charge in [-0.15, -0.1) is 0 Å². The van der Waals surface area contributed by atoms with Crippen molar-refractivity contribution in [1.29, 1.82) is 0 Å². The van der Waals surface area contributed by atoms with Crippen LogP contribution < -0.4 is 4.74 Å². The first-order valence-corrected chi connectivity index (χ1v) is 12.0. The van der Waals surface area contributed by atoms with Crippen LogP contribution in [-0.4, -0.2) is 42.0 Å². The summed E-state index contributed by atoms with van der Waals surface area (Å²) in [6, 6.07) is 11.7. The number of fused-ring (bicyclic) bond motifs is 1. The predicted molar refractivity (Wildman–Crippen MR) is 127 cm³/mol. The van der Waals surface area contributed by atoms with Crippen molar-refractivity contribution in [3.8, 4) is 5.75 Å². The molecule has 0 aromatic heterocycles. The molecule has 2 aromatic carbocycles. The van der Waals surface area contributed by atoms with Gasteiger partial charge in [0.2, 0.25) is 0 Å². The summed E-state index contributed by atoms with van der Waals surface area (Å²) in [5, 5.41) is 10.4. The fourth-order valence-corrected chi connectivity index (χ4v) is 4.84. The van der Waals surface area contributed by atoms with E-state index >= 15 is 0 Å². The summed E-state index contributed by atoms with van der Waals surface area (Å²) >= 11 is 1.86. The van der Waals surface area contributed by atoms with Crippen LogP contribution in [0.2, 0.25) is 0 Å². The lowest BCUT2D eigenvalue weighted by Gasteiger charge is -2.20. The lowest BCUT2D eigenvalue weighted by atomic mass is 9.91. The van der Waals surface area contributed by atoms with Gasteiger partial charge in [0, 0.05) is 18.3 Å². The van der Waals surface area contributed by atoms with Crippen molar-refractivity contribution < 1.29 is 42.1 Å². The van der Waals surface area contributed by atoms with Crippen molar-refractivity contribution in [1.82, 2.24) is 0 Å². The minimum absolute atomic E-state index is 0.0123. The average molecular weight is 602 g/mol. The van der Waals surface area contributed by atoms with Crippen molar-refractivity contribution in [3.63, 3.8) is 0 Å².